The summed E-state index contributed by atoms with van der Waals surface area (Å²) in [6, 6.07) is 8.85. The number of piperidine rings is 1. The van der Waals surface area contributed by atoms with Gasteiger partial charge in [-0.3, -0.25) is 4.79 Å². The van der Waals surface area contributed by atoms with Crippen molar-refractivity contribution in [2.45, 2.75) is 44.7 Å². The Morgan fingerprint density at radius 2 is 2.15 bits per heavy atom. The zero-order valence-corrected chi connectivity index (χ0v) is 17.1. The Hall–Kier alpha value is -1.43. The topological polar surface area (TPSA) is 32.3 Å². The molecule has 2 atom stereocenters. The second kappa shape index (κ2) is 8.29. The molecule has 0 bridgehead atoms. The lowest BCUT2D eigenvalue weighted by Crippen LogP contribution is -2.40. The normalized spacial score (nSPS) is 21.3. The van der Waals surface area contributed by atoms with E-state index >= 15 is 0 Å². The van der Waals surface area contributed by atoms with Crippen molar-refractivity contribution in [2.75, 3.05) is 13.1 Å². The Kier molecular flexibility index (Phi) is 6.24. The van der Waals surface area contributed by atoms with Crippen LogP contribution in [0.5, 0.6) is 0 Å². The summed E-state index contributed by atoms with van der Waals surface area (Å²) >= 11 is 1.66. The summed E-state index contributed by atoms with van der Waals surface area (Å²) in [5.41, 5.74) is 2.23. The minimum absolute atomic E-state index is 0. The molecular weight excluding hydrogens is 383 g/mol. The van der Waals surface area contributed by atoms with Gasteiger partial charge in [-0.1, -0.05) is 12.1 Å². The van der Waals surface area contributed by atoms with Crippen LogP contribution in [0.15, 0.2) is 41.1 Å². The Balaban J connectivity index is 0.00000210. The van der Waals surface area contributed by atoms with Crippen molar-refractivity contribution in [3.63, 3.8) is 0 Å². The molecule has 2 heterocycles. The first kappa shape index (κ1) is 20.3. The standard InChI is InChI=1S/C21H25FN2OS.ClH/c1-15(17-3-2-4-18(22)11-17)20(25)24(13-16-5-10-26-14-16)19-12-21(19)6-8-23-9-7-21;/h2-5,10-11,14-15,19,23H,6-9,12-13H2,1H3;1H. The summed E-state index contributed by atoms with van der Waals surface area (Å²) in [7, 11) is 0. The molecule has 6 heteroatoms. The Morgan fingerprint density at radius 3 is 2.81 bits per heavy atom. The summed E-state index contributed by atoms with van der Waals surface area (Å²) in [6.07, 6.45) is 3.37. The molecule has 4 rings (SSSR count). The van der Waals surface area contributed by atoms with Crippen LogP contribution in [-0.2, 0) is 11.3 Å². The van der Waals surface area contributed by atoms with Gasteiger partial charge in [0, 0.05) is 12.6 Å². The van der Waals surface area contributed by atoms with Gasteiger partial charge in [-0.25, -0.2) is 4.39 Å². The molecule has 1 saturated heterocycles. The van der Waals surface area contributed by atoms with Gasteiger partial charge in [0.15, 0.2) is 0 Å². The lowest BCUT2D eigenvalue weighted by molar-refractivity contribution is -0.134. The molecule has 1 aromatic heterocycles. The van der Waals surface area contributed by atoms with Gasteiger partial charge < -0.3 is 10.2 Å². The molecule has 2 aromatic rings. The van der Waals surface area contributed by atoms with Gasteiger partial charge in [0.2, 0.25) is 5.91 Å². The monoisotopic (exact) mass is 408 g/mol. The Labute approximate surface area is 170 Å². The van der Waals surface area contributed by atoms with Crippen molar-refractivity contribution >= 4 is 29.7 Å². The van der Waals surface area contributed by atoms with Crippen LogP contribution in [0, 0.1) is 11.2 Å². The largest absolute Gasteiger partial charge is 0.334 e. The van der Waals surface area contributed by atoms with Crippen LogP contribution in [0.25, 0.3) is 0 Å². The maximum absolute atomic E-state index is 13.6. The van der Waals surface area contributed by atoms with Crippen LogP contribution < -0.4 is 5.32 Å². The highest BCUT2D eigenvalue weighted by atomic mass is 35.5. The number of carbonyl (C=O) groups is 1. The Morgan fingerprint density at radius 1 is 1.37 bits per heavy atom. The zero-order chi connectivity index (χ0) is 18.1. The predicted octanol–water partition coefficient (Wildman–Crippen LogP) is 4.58. The lowest BCUT2D eigenvalue weighted by atomic mass is 9.92. The van der Waals surface area contributed by atoms with Crippen LogP contribution in [-0.4, -0.2) is 29.9 Å². The third-order valence-corrected chi connectivity index (χ3v) is 6.79. The molecule has 1 aliphatic carbocycles. The van der Waals surface area contributed by atoms with E-state index in [-0.39, 0.29) is 30.0 Å². The van der Waals surface area contributed by atoms with E-state index < -0.39 is 0 Å². The smallest absolute Gasteiger partial charge is 0.230 e. The van der Waals surface area contributed by atoms with Crippen LogP contribution in [0.4, 0.5) is 4.39 Å². The van der Waals surface area contributed by atoms with Crippen LogP contribution in [0.3, 0.4) is 0 Å². The average Bonchev–Trinajstić information content (AvgIpc) is 3.07. The fourth-order valence-electron chi connectivity index (χ4n) is 4.32. The number of hydrogen-bond donors (Lipinski definition) is 1. The molecule has 1 aromatic carbocycles. The average molecular weight is 409 g/mol. The molecule has 146 valence electrons. The number of carbonyl (C=O) groups excluding carboxylic acids is 1. The molecule has 2 unspecified atom stereocenters. The number of thiophene rings is 1. The summed E-state index contributed by atoms with van der Waals surface area (Å²) in [6.45, 7) is 4.63. The molecule has 27 heavy (non-hydrogen) atoms. The van der Waals surface area contributed by atoms with Crippen molar-refractivity contribution < 1.29 is 9.18 Å². The Bertz CT molecular complexity index is 776. The number of hydrogen-bond acceptors (Lipinski definition) is 3. The van der Waals surface area contributed by atoms with Crippen molar-refractivity contribution in [3.05, 3.63) is 58.0 Å². The molecule has 1 aliphatic heterocycles. The van der Waals surface area contributed by atoms with Crippen molar-refractivity contribution in [2.24, 2.45) is 5.41 Å². The third-order valence-electron chi connectivity index (χ3n) is 6.06. The zero-order valence-electron chi connectivity index (χ0n) is 15.5. The highest BCUT2D eigenvalue weighted by Crippen LogP contribution is 2.56. The fraction of sp³-hybridized carbons (Fsp3) is 0.476. The number of halogens is 2. The number of amides is 1. The van der Waals surface area contributed by atoms with E-state index in [1.165, 1.54) is 17.7 Å². The maximum Gasteiger partial charge on any atom is 0.230 e. The van der Waals surface area contributed by atoms with Crippen molar-refractivity contribution in [1.29, 1.82) is 0 Å². The number of rotatable bonds is 5. The van der Waals surface area contributed by atoms with Crippen LogP contribution in [0.1, 0.15) is 43.2 Å². The molecule has 3 nitrogen and oxygen atoms in total. The summed E-state index contributed by atoms with van der Waals surface area (Å²) in [5, 5.41) is 7.60. The predicted molar refractivity (Wildman–Crippen MR) is 110 cm³/mol. The highest BCUT2D eigenvalue weighted by Gasteiger charge is 2.58. The van der Waals surface area contributed by atoms with E-state index in [1.807, 2.05) is 13.0 Å². The van der Waals surface area contributed by atoms with E-state index in [0.29, 0.717) is 18.0 Å². The summed E-state index contributed by atoms with van der Waals surface area (Å²) < 4.78 is 13.6. The van der Waals surface area contributed by atoms with Gasteiger partial charge in [-0.05, 0) is 84.8 Å². The van der Waals surface area contributed by atoms with Gasteiger partial charge in [0.1, 0.15) is 5.82 Å². The quantitative estimate of drug-likeness (QED) is 0.785. The molecule has 1 saturated carbocycles. The second-order valence-corrected chi connectivity index (χ2v) is 8.49. The van der Waals surface area contributed by atoms with Gasteiger partial charge >= 0.3 is 0 Å². The van der Waals surface area contributed by atoms with Gasteiger partial charge in [-0.2, -0.15) is 11.3 Å². The summed E-state index contributed by atoms with van der Waals surface area (Å²) in [5.74, 6) is -0.501. The fourth-order valence-corrected chi connectivity index (χ4v) is 4.98. The third kappa shape index (κ3) is 4.20. The number of benzene rings is 1. The molecule has 1 N–H and O–H groups in total. The second-order valence-electron chi connectivity index (χ2n) is 7.71. The van der Waals surface area contributed by atoms with Crippen molar-refractivity contribution in [3.8, 4) is 0 Å². The van der Waals surface area contributed by atoms with Gasteiger partial charge in [0.25, 0.3) is 0 Å². The van der Waals surface area contributed by atoms with Crippen LogP contribution >= 0.6 is 23.7 Å². The van der Waals surface area contributed by atoms with Crippen LogP contribution in [0.2, 0.25) is 0 Å². The summed E-state index contributed by atoms with van der Waals surface area (Å²) in [4.78, 5) is 15.5. The van der Waals surface area contributed by atoms with Crippen molar-refractivity contribution in [1.82, 2.24) is 10.2 Å². The van der Waals surface area contributed by atoms with E-state index in [0.717, 1.165) is 37.9 Å². The van der Waals surface area contributed by atoms with E-state index in [1.54, 1.807) is 17.4 Å². The number of nitrogens with zero attached hydrogens (tertiary/aromatic N) is 1. The van der Waals surface area contributed by atoms with Gasteiger partial charge in [-0.15, -0.1) is 12.4 Å². The van der Waals surface area contributed by atoms with E-state index in [2.05, 4.69) is 27.0 Å². The first-order valence-electron chi connectivity index (χ1n) is 9.37. The molecule has 2 fully saturated rings. The van der Waals surface area contributed by atoms with Gasteiger partial charge in [0.05, 0.1) is 5.92 Å². The minimum atomic E-state index is -0.330. The number of nitrogens with one attached hydrogen (secondary N) is 1. The molecule has 2 aliphatic rings. The molecular formula is C21H26ClFN2OS. The van der Waals surface area contributed by atoms with E-state index in [4.69, 9.17) is 0 Å². The first-order valence-corrected chi connectivity index (χ1v) is 10.3. The van der Waals surface area contributed by atoms with E-state index in [9.17, 15) is 9.18 Å². The maximum atomic E-state index is 13.6. The SMILES string of the molecule is CC(C(=O)N(Cc1ccsc1)C1CC12CCNCC2)c1cccc(F)c1.Cl. The first-order chi connectivity index (χ1) is 12.6. The highest BCUT2D eigenvalue weighted by molar-refractivity contribution is 7.07. The molecule has 1 spiro atoms. The lowest BCUT2D eigenvalue weighted by Gasteiger charge is -2.31. The molecule has 0 radical (unpaired) electrons. The minimum Gasteiger partial charge on any atom is -0.334 e. The molecule has 1 amide bonds.